The predicted octanol–water partition coefficient (Wildman–Crippen LogP) is 0.422. The molecular formula is C12H15NO3S. The maximum absolute atomic E-state index is 11.3. The first-order chi connectivity index (χ1) is 7.93. The first-order valence-corrected chi connectivity index (χ1v) is 6.88. The highest BCUT2D eigenvalue weighted by molar-refractivity contribution is 7.88. The number of aliphatic hydroxyl groups excluding tert-OH is 1. The molecule has 0 saturated heterocycles. The van der Waals surface area contributed by atoms with Crippen molar-refractivity contribution in [3.05, 3.63) is 35.4 Å². The fourth-order valence-corrected chi connectivity index (χ4v) is 1.65. The molecule has 0 aromatic heterocycles. The van der Waals surface area contributed by atoms with Crippen LogP contribution in [0, 0.1) is 11.8 Å². The van der Waals surface area contributed by atoms with Crippen molar-refractivity contribution in [2.75, 3.05) is 19.9 Å². The number of benzene rings is 1. The van der Waals surface area contributed by atoms with Crippen molar-refractivity contribution in [3.8, 4) is 11.8 Å². The lowest BCUT2D eigenvalue weighted by Crippen LogP contribution is -2.24. The van der Waals surface area contributed by atoms with E-state index in [1.165, 1.54) is 17.6 Å². The third-order valence-electron chi connectivity index (χ3n) is 2.21. The molecule has 4 nitrogen and oxygen atoms in total. The molecule has 0 atom stereocenters. The van der Waals surface area contributed by atoms with E-state index in [2.05, 4.69) is 11.8 Å². The average molecular weight is 253 g/mol. The van der Waals surface area contributed by atoms with Gasteiger partial charge in [-0.3, -0.25) is 0 Å². The third-order valence-corrected chi connectivity index (χ3v) is 3.47. The fourth-order valence-electron chi connectivity index (χ4n) is 1.26. The molecule has 17 heavy (non-hydrogen) atoms. The van der Waals surface area contributed by atoms with E-state index in [9.17, 15) is 8.42 Å². The lowest BCUT2D eigenvalue weighted by Gasteiger charge is -2.13. The Bertz CT molecular complexity index is 540. The summed E-state index contributed by atoms with van der Waals surface area (Å²) in [6.45, 7) is 0.126. The maximum Gasteiger partial charge on any atom is 0.211 e. The number of hydrogen-bond donors (Lipinski definition) is 1. The van der Waals surface area contributed by atoms with Gasteiger partial charge in [-0.25, -0.2) is 12.7 Å². The van der Waals surface area contributed by atoms with Gasteiger partial charge < -0.3 is 5.11 Å². The van der Waals surface area contributed by atoms with E-state index >= 15 is 0 Å². The first-order valence-electron chi connectivity index (χ1n) is 5.03. The molecule has 0 fully saturated rings. The van der Waals surface area contributed by atoms with Crippen molar-refractivity contribution in [2.45, 2.75) is 6.54 Å². The SMILES string of the molecule is CN(Cc1cccc(C#CCO)c1)S(C)(=O)=O. The van der Waals surface area contributed by atoms with Crippen molar-refractivity contribution < 1.29 is 13.5 Å². The Kier molecular flexibility index (Phi) is 4.70. The van der Waals surface area contributed by atoms with Crippen LogP contribution in [0.15, 0.2) is 24.3 Å². The van der Waals surface area contributed by atoms with Gasteiger partial charge >= 0.3 is 0 Å². The zero-order chi connectivity index (χ0) is 12.9. The second-order valence-corrected chi connectivity index (χ2v) is 5.77. The molecule has 5 heteroatoms. The van der Waals surface area contributed by atoms with Gasteiger partial charge in [-0.15, -0.1) is 0 Å². The van der Waals surface area contributed by atoms with Crippen LogP contribution in [-0.4, -0.2) is 37.7 Å². The van der Waals surface area contributed by atoms with Gasteiger partial charge in [0.15, 0.2) is 0 Å². The van der Waals surface area contributed by atoms with Crippen molar-refractivity contribution >= 4 is 10.0 Å². The summed E-state index contributed by atoms with van der Waals surface area (Å²) in [7, 11) is -1.64. The summed E-state index contributed by atoms with van der Waals surface area (Å²) in [5.41, 5.74) is 1.63. The minimum Gasteiger partial charge on any atom is -0.384 e. The van der Waals surface area contributed by atoms with Gasteiger partial charge in [0.25, 0.3) is 0 Å². The van der Waals surface area contributed by atoms with Crippen molar-refractivity contribution in [1.29, 1.82) is 0 Å². The summed E-state index contributed by atoms with van der Waals surface area (Å²) in [5.74, 6) is 5.33. The minimum absolute atomic E-state index is 0.187. The predicted molar refractivity (Wildman–Crippen MR) is 66.7 cm³/mol. The third kappa shape index (κ3) is 4.57. The van der Waals surface area contributed by atoms with Crippen molar-refractivity contribution in [2.24, 2.45) is 0 Å². The first kappa shape index (κ1) is 13.7. The Morgan fingerprint density at radius 1 is 1.41 bits per heavy atom. The van der Waals surface area contributed by atoms with Crippen molar-refractivity contribution in [1.82, 2.24) is 4.31 Å². The van der Waals surface area contributed by atoms with Crippen LogP contribution in [0.5, 0.6) is 0 Å². The molecule has 0 spiro atoms. The highest BCUT2D eigenvalue weighted by Crippen LogP contribution is 2.08. The largest absolute Gasteiger partial charge is 0.384 e. The van der Waals surface area contributed by atoms with Gasteiger partial charge in [0.1, 0.15) is 6.61 Å². The Balaban J connectivity index is 2.86. The average Bonchev–Trinajstić information content (AvgIpc) is 2.25. The van der Waals surface area contributed by atoms with Crippen LogP contribution in [0.2, 0.25) is 0 Å². The number of nitrogens with zero attached hydrogens (tertiary/aromatic N) is 1. The smallest absolute Gasteiger partial charge is 0.211 e. The fraction of sp³-hybridized carbons (Fsp3) is 0.333. The summed E-state index contributed by atoms with van der Waals surface area (Å²) < 4.78 is 23.8. The van der Waals surface area contributed by atoms with E-state index in [-0.39, 0.29) is 6.61 Å². The standard InChI is InChI=1S/C12H15NO3S/c1-13(17(2,15)16)10-12-6-3-5-11(9-12)7-4-8-14/h3,5-6,9,14H,8,10H2,1-2H3. The molecule has 0 aliphatic heterocycles. The van der Waals surface area contributed by atoms with Gasteiger partial charge in [0, 0.05) is 19.2 Å². The number of hydrogen-bond acceptors (Lipinski definition) is 3. The molecule has 1 N–H and O–H groups in total. The van der Waals surface area contributed by atoms with E-state index < -0.39 is 10.0 Å². The van der Waals surface area contributed by atoms with E-state index in [1.54, 1.807) is 0 Å². The van der Waals surface area contributed by atoms with Crippen LogP contribution in [0.1, 0.15) is 11.1 Å². The highest BCUT2D eigenvalue weighted by Gasteiger charge is 2.10. The van der Waals surface area contributed by atoms with Gasteiger partial charge in [0.05, 0.1) is 6.26 Å². The second-order valence-electron chi connectivity index (χ2n) is 3.68. The van der Waals surface area contributed by atoms with Crippen LogP contribution < -0.4 is 0 Å². The molecule has 0 unspecified atom stereocenters. The Hall–Kier alpha value is -1.35. The molecule has 0 radical (unpaired) electrons. The van der Waals surface area contributed by atoms with Crippen molar-refractivity contribution in [3.63, 3.8) is 0 Å². The zero-order valence-corrected chi connectivity index (χ0v) is 10.7. The number of aliphatic hydroxyl groups is 1. The van der Waals surface area contributed by atoms with Crippen LogP contribution in [0.3, 0.4) is 0 Å². The van der Waals surface area contributed by atoms with Crippen LogP contribution in [-0.2, 0) is 16.6 Å². The monoisotopic (exact) mass is 253 g/mol. The summed E-state index contributed by atoms with van der Waals surface area (Å²) in [6, 6.07) is 7.27. The van der Waals surface area contributed by atoms with Gasteiger partial charge in [-0.2, -0.15) is 0 Å². The highest BCUT2D eigenvalue weighted by atomic mass is 32.2. The molecule has 0 heterocycles. The van der Waals surface area contributed by atoms with Crippen LogP contribution in [0.25, 0.3) is 0 Å². The normalized spacial score (nSPS) is 11.1. The minimum atomic E-state index is -3.17. The molecule has 0 saturated carbocycles. The Labute approximate surface area is 102 Å². The molecule has 1 rings (SSSR count). The quantitative estimate of drug-likeness (QED) is 0.794. The van der Waals surface area contributed by atoms with Crippen LogP contribution >= 0.6 is 0 Å². The number of sulfonamides is 1. The topological polar surface area (TPSA) is 57.6 Å². The van der Waals surface area contributed by atoms with E-state index in [0.717, 1.165) is 11.1 Å². The van der Waals surface area contributed by atoms with E-state index in [1.807, 2.05) is 24.3 Å². The molecule has 1 aromatic rings. The molecule has 0 bridgehead atoms. The van der Waals surface area contributed by atoms with E-state index in [4.69, 9.17) is 5.11 Å². The molecular weight excluding hydrogens is 238 g/mol. The Morgan fingerprint density at radius 3 is 2.71 bits per heavy atom. The number of rotatable bonds is 3. The zero-order valence-electron chi connectivity index (χ0n) is 9.84. The molecule has 0 aliphatic carbocycles. The summed E-state index contributed by atoms with van der Waals surface area (Å²) in [5, 5.41) is 8.59. The van der Waals surface area contributed by atoms with Gasteiger partial charge in [-0.1, -0.05) is 24.0 Å². The molecule has 1 aromatic carbocycles. The molecule has 0 amide bonds. The lowest BCUT2D eigenvalue weighted by atomic mass is 10.1. The summed E-state index contributed by atoms with van der Waals surface area (Å²) >= 11 is 0. The van der Waals surface area contributed by atoms with Gasteiger partial charge in [-0.05, 0) is 17.7 Å². The Morgan fingerprint density at radius 2 is 2.12 bits per heavy atom. The van der Waals surface area contributed by atoms with Gasteiger partial charge in [0.2, 0.25) is 10.0 Å². The van der Waals surface area contributed by atoms with E-state index in [0.29, 0.717) is 6.54 Å². The van der Waals surface area contributed by atoms with Crippen LogP contribution in [0.4, 0.5) is 0 Å². The summed E-state index contributed by atoms with van der Waals surface area (Å²) in [6.07, 6.45) is 1.17. The maximum atomic E-state index is 11.3. The molecule has 92 valence electrons. The lowest BCUT2D eigenvalue weighted by molar-refractivity contribution is 0.350. The molecule has 0 aliphatic rings. The summed E-state index contributed by atoms with van der Waals surface area (Å²) in [4.78, 5) is 0. The second kappa shape index (κ2) is 5.82.